The molecule has 0 aromatic rings. The van der Waals surface area contributed by atoms with Crippen molar-refractivity contribution in [3.05, 3.63) is 25.3 Å². The van der Waals surface area contributed by atoms with E-state index in [0.29, 0.717) is 6.42 Å². The van der Waals surface area contributed by atoms with Crippen LogP contribution in [0.5, 0.6) is 0 Å². The minimum Gasteiger partial charge on any atom is -0.459 e. The van der Waals surface area contributed by atoms with Gasteiger partial charge in [0, 0.05) is 0 Å². The predicted molar refractivity (Wildman–Crippen MR) is 67.1 cm³/mol. The normalized spacial score (nSPS) is 13.2. The first kappa shape index (κ1) is 15.4. The Balaban J connectivity index is 4.65. The first-order valence-electron chi connectivity index (χ1n) is 5.73. The minimum atomic E-state index is -1.17. The van der Waals surface area contributed by atoms with Crippen molar-refractivity contribution in [2.45, 2.75) is 38.1 Å². The highest BCUT2D eigenvalue weighted by Gasteiger charge is 2.36. The zero-order valence-electron chi connectivity index (χ0n) is 10.3. The Labute approximate surface area is 103 Å². The van der Waals surface area contributed by atoms with Gasteiger partial charge < -0.3 is 10.1 Å². The smallest absolute Gasteiger partial charge is 0.336 e. The van der Waals surface area contributed by atoms with Crippen LogP contribution in [0.25, 0.3) is 0 Å². The van der Waals surface area contributed by atoms with Crippen LogP contribution < -0.4 is 5.32 Å². The third-order valence-corrected chi connectivity index (χ3v) is 2.49. The third-order valence-electron chi connectivity index (χ3n) is 2.49. The molecule has 0 aromatic carbocycles. The van der Waals surface area contributed by atoms with Crippen molar-refractivity contribution in [1.82, 2.24) is 5.32 Å². The van der Waals surface area contributed by atoms with E-state index in [1.165, 1.54) is 12.2 Å². The topological polar surface area (TPSA) is 55.4 Å². The van der Waals surface area contributed by atoms with Crippen LogP contribution in [-0.4, -0.2) is 24.5 Å². The summed E-state index contributed by atoms with van der Waals surface area (Å²) in [5.74, 6) is -0.521. The van der Waals surface area contributed by atoms with Gasteiger partial charge in [0.05, 0.1) is 0 Å². The Morgan fingerprint density at radius 2 is 2.18 bits per heavy atom. The van der Waals surface area contributed by atoms with E-state index in [2.05, 4.69) is 25.4 Å². The number of carbonyl (C=O) groups excluding carboxylic acids is 2. The molecule has 0 aromatic heterocycles. The average molecular weight is 238 g/mol. The molecule has 1 amide bonds. The predicted octanol–water partition coefficient (Wildman–Crippen LogP) is 1.88. The standard InChI is InChI=1S/C13H20NO3/c1-4-7-8-9-13(6-3,14-11-15)12(16)17-10-5-2/h5-6H,2-4,7-10H2,1H3,(H,14,15). The molecule has 4 heteroatoms. The first-order chi connectivity index (χ1) is 8.16. The molecular weight excluding hydrogens is 218 g/mol. The molecule has 0 aliphatic carbocycles. The van der Waals surface area contributed by atoms with Gasteiger partial charge in [-0.1, -0.05) is 44.9 Å². The summed E-state index contributed by atoms with van der Waals surface area (Å²) in [5.41, 5.74) is -1.17. The summed E-state index contributed by atoms with van der Waals surface area (Å²) in [5, 5.41) is 2.38. The number of hydrogen-bond donors (Lipinski definition) is 1. The summed E-state index contributed by atoms with van der Waals surface area (Å²) >= 11 is 0. The van der Waals surface area contributed by atoms with Gasteiger partial charge in [0.25, 0.3) is 0 Å². The average Bonchev–Trinajstić information content (AvgIpc) is 2.35. The summed E-state index contributed by atoms with van der Waals surface area (Å²) in [6.45, 7) is 9.23. The molecule has 4 nitrogen and oxygen atoms in total. The molecule has 0 bridgehead atoms. The summed E-state index contributed by atoms with van der Waals surface area (Å²) in [6.07, 6.45) is 7.70. The number of carbonyl (C=O) groups is 1. The number of unbranched alkanes of at least 4 members (excludes halogenated alkanes) is 2. The van der Waals surface area contributed by atoms with Crippen molar-refractivity contribution in [1.29, 1.82) is 0 Å². The molecule has 1 N–H and O–H groups in total. The second kappa shape index (κ2) is 8.56. The Bertz CT molecular complexity index is 276. The molecule has 17 heavy (non-hydrogen) atoms. The third kappa shape index (κ3) is 4.85. The summed E-state index contributed by atoms with van der Waals surface area (Å²) < 4.78 is 4.96. The SMILES string of the molecule is C=CCOC(=O)C(C=C)(CCCCC)N[C]=O. The van der Waals surface area contributed by atoms with Gasteiger partial charge in [-0.15, -0.1) is 6.58 Å². The zero-order chi connectivity index (χ0) is 13.1. The number of nitrogens with one attached hydrogen (secondary N) is 1. The van der Waals surface area contributed by atoms with Crippen molar-refractivity contribution in [3.63, 3.8) is 0 Å². The van der Waals surface area contributed by atoms with Crippen molar-refractivity contribution in [2.75, 3.05) is 6.61 Å². The molecule has 95 valence electrons. The lowest BCUT2D eigenvalue weighted by Crippen LogP contribution is -2.50. The Morgan fingerprint density at radius 3 is 2.65 bits per heavy atom. The van der Waals surface area contributed by atoms with Crippen LogP contribution in [0, 0.1) is 0 Å². The highest BCUT2D eigenvalue weighted by molar-refractivity contribution is 5.85. The number of ether oxygens (including phenoxy) is 1. The maximum absolute atomic E-state index is 11.9. The number of rotatable bonds is 10. The molecule has 0 saturated carbocycles. The minimum absolute atomic E-state index is 0.114. The fraction of sp³-hybridized carbons (Fsp3) is 0.538. The molecule has 0 fully saturated rings. The lowest BCUT2D eigenvalue weighted by molar-refractivity contribution is -0.148. The molecule has 0 aliphatic rings. The van der Waals surface area contributed by atoms with Crippen LogP contribution in [0.2, 0.25) is 0 Å². The van der Waals surface area contributed by atoms with Gasteiger partial charge >= 0.3 is 12.4 Å². The molecule has 0 spiro atoms. The fourth-order valence-corrected chi connectivity index (χ4v) is 1.46. The van der Waals surface area contributed by atoms with Gasteiger partial charge in [-0.2, -0.15) is 0 Å². The van der Waals surface area contributed by atoms with Crippen LogP contribution in [-0.2, 0) is 14.3 Å². The second-order valence-electron chi connectivity index (χ2n) is 3.75. The van der Waals surface area contributed by atoms with E-state index < -0.39 is 11.5 Å². The van der Waals surface area contributed by atoms with Crippen molar-refractivity contribution in [2.24, 2.45) is 0 Å². The van der Waals surface area contributed by atoms with E-state index in [-0.39, 0.29) is 6.61 Å². The van der Waals surface area contributed by atoms with E-state index >= 15 is 0 Å². The lowest BCUT2D eigenvalue weighted by Gasteiger charge is -2.26. The maximum atomic E-state index is 11.9. The maximum Gasteiger partial charge on any atom is 0.336 e. The molecule has 0 aliphatic heterocycles. The quantitative estimate of drug-likeness (QED) is 0.273. The van der Waals surface area contributed by atoms with Gasteiger partial charge in [0.15, 0.2) is 5.54 Å². The Hall–Kier alpha value is -1.58. The van der Waals surface area contributed by atoms with Crippen molar-refractivity contribution < 1.29 is 14.3 Å². The van der Waals surface area contributed by atoms with Crippen molar-refractivity contribution >= 4 is 12.4 Å². The van der Waals surface area contributed by atoms with E-state index in [1.54, 1.807) is 6.41 Å². The van der Waals surface area contributed by atoms with E-state index in [9.17, 15) is 9.59 Å². The van der Waals surface area contributed by atoms with Crippen LogP contribution in [0.3, 0.4) is 0 Å². The Morgan fingerprint density at radius 1 is 1.47 bits per heavy atom. The van der Waals surface area contributed by atoms with E-state index in [0.717, 1.165) is 19.3 Å². The molecule has 1 atom stereocenters. The summed E-state index contributed by atoms with van der Waals surface area (Å²) in [4.78, 5) is 22.3. The van der Waals surface area contributed by atoms with Gasteiger partial charge in [0.2, 0.25) is 0 Å². The van der Waals surface area contributed by atoms with E-state index in [1.807, 2.05) is 0 Å². The highest BCUT2D eigenvalue weighted by Crippen LogP contribution is 2.18. The van der Waals surface area contributed by atoms with Crippen molar-refractivity contribution in [3.8, 4) is 0 Å². The van der Waals surface area contributed by atoms with Gasteiger partial charge in [-0.25, -0.2) is 4.79 Å². The molecular formula is C13H20NO3. The lowest BCUT2D eigenvalue weighted by atomic mass is 9.92. The number of esters is 1. The molecule has 1 radical (unpaired) electrons. The molecule has 0 heterocycles. The largest absolute Gasteiger partial charge is 0.459 e. The zero-order valence-corrected chi connectivity index (χ0v) is 10.3. The van der Waals surface area contributed by atoms with Gasteiger partial charge in [-0.05, 0) is 6.42 Å². The summed E-state index contributed by atoms with van der Waals surface area (Å²) in [6, 6.07) is 0. The van der Waals surface area contributed by atoms with Crippen LogP contribution in [0.4, 0.5) is 0 Å². The van der Waals surface area contributed by atoms with E-state index in [4.69, 9.17) is 4.74 Å². The first-order valence-corrected chi connectivity index (χ1v) is 5.73. The molecule has 0 saturated heterocycles. The van der Waals surface area contributed by atoms with Gasteiger partial charge in [-0.3, -0.25) is 4.79 Å². The highest BCUT2D eigenvalue weighted by atomic mass is 16.5. The number of hydrogen-bond acceptors (Lipinski definition) is 3. The van der Waals surface area contributed by atoms with Crippen LogP contribution in [0.1, 0.15) is 32.6 Å². The van der Waals surface area contributed by atoms with Gasteiger partial charge in [0.1, 0.15) is 6.61 Å². The molecule has 0 rings (SSSR count). The monoisotopic (exact) mass is 238 g/mol. The second-order valence-corrected chi connectivity index (χ2v) is 3.75. The van der Waals surface area contributed by atoms with Crippen LogP contribution >= 0.6 is 0 Å². The number of amides is 1. The Kier molecular flexibility index (Phi) is 7.76. The molecule has 1 unspecified atom stereocenters. The van der Waals surface area contributed by atoms with Crippen LogP contribution in [0.15, 0.2) is 25.3 Å². The fourth-order valence-electron chi connectivity index (χ4n) is 1.46. The summed E-state index contributed by atoms with van der Waals surface area (Å²) in [7, 11) is 0.